The van der Waals surface area contributed by atoms with Crippen LogP contribution in [0.15, 0.2) is 41.0 Å². The number of aliphatic carboxylic acids is 1. The lowest BCUT2D eigenvalue weighted by Gasteiger charge is -2.24. The Morgan fingerprint density at radius 3 is 2.77 bits per heavy atom. The summed E-state index contributed by atoms with van der Waals surface area (Å²) in [5, 5.41) is 12.7. The molecule has 1 aliphatic rings. The first-order valence-corrected chi connectivity index (χ1v) is 8.38. The van der Waals surface area contributed by atoms with Crippen molar-refractivity contribution in [3.8, 4) is 0 Å². The van der Waals surface area contributed by atoms with Crippen LogP contribution in [0.1, 0.15) is 41.4 Å². The standard InChI is InChI=1S/C19H20N2O5/c1-12(22)7-8-17(19(24)25)21-11-15-14(18(21)23)5-2-6-16(15)20-10-13-4-3-9-26-13/h2-6,9,17,20H,7-8,10-11H2,1H3,(H,24,25). The van der Waals surface area contributed by atoms with Gasteiger partial charge in [-0.3, -0.25) is 4.79 Å². The van der Waals surface area contributed by atoms with Crippen LogP contribution in [0, 0.1) is 0 Å². The molecule has 0 bridgehead atoms. The molecule has 2 N–H and O–H groups in total. The van der Waals surface area contributed by atoms with Crippen LogP contribution in [-0.2, 0) is 22.7 Å². The van der Waals surface area contributed by atoms with Crippen LogP contribution in [0.5, 0.6) is 0 Å². The summed E-state index contributed by atoms with van der Waals surface area (Å²) in [6.07, 6.45) is 1.82. The van der Waals surface area contributed by atoms with Crippen LogP contribution in [0.2, 0.25) is 0 Å². The molecule has 1 aliphatic heterocycles. The molecule has 1 unspecified atom stereocenters. The lowest BCUT2D eigenvalue weighted by atomic mass is 10.1. The molecule has 2 aromatic rings. The van der Waals surface area contributed by atoms with Gasteiger partial charge in [0, 0.05) is 29.8 Å². The lowest BCUT2D eigenvalue weighted by molar-refractivity contribution is -0.142. The van der Waals surface area contributed by atoms with Crippen molar-refractivity contribution in [1.82, 2.24) is 4.90 Å². The van der Waals surface area contributed by atoms with Gasteiger partial charge in [-0.15, -0.1) is 0 Å². The minimum absolute atomic E-state index is 0.0961. The molecule has 2 heterocycles. The van der Waals surface area contributed by atoms with E-state index in [4.69, 9.17) is 4.42 Å². The monoisotopic (exact) mass is 356 g/mol. The van der Waals surface area contributed by atoms with E-state index in [1.54, 1.807) is 24.5 Å². The zero-order valence-electron chi connectivity index (χ0n) is 14.4. The molecular formula is C19H20N2O5. The number of nitrogens with zero attached hydrogens (tertiary/aromatic N) is 1. The molecule has 0 saturated carbocycles. The normalized spacial score (nSPS) is 14.2. The van der Waals surface area contributed by atoms with Crippen molar-refractivity contribution in [2.45, 2.75) is 38.9 Å². The number of Topliss-reactive ketones (excluding diaryl/α,β-unsaturated/α-hetero) is 1. The van der Waals surface area contributed by atoms with Gasteiger partial charge in [-0.2, -0.15) is 0 Å². The number of benzene rings is 1. The Balaban J connectivity index is 1.79. The van der Waals surface area contributed by atoms with Gasteiger partial charge in [0.2, 0.25) is 0 Å². The third kappa shape index (κ3) is 3.61. The molecule has 0 fully saturated rings. The zero-order chi connectivity index (χ0) is 18.7. The van der Waals surface area contributed by atoms with Crippen molar-refractivity contribution in [1.29, 1.82) is 0 Å². The van der Waals surface area contributed by atoms with E-state index in [9.17, 15) is 19.5 Å². The lowest BCUT2D eigenvalue weighted by Crippen LogP contribution is -2.41. The van der Waals surface area contributed by atoms with Crippen LogP contribution in [0.25, 0.3) is 0 Å². The van der Waals surface area contributed by atoms with Crippen LogP contribution < -0.4 is 5.32 Å². The van der Waals surface area contributed by atoms with Gasteiger partial charge in [0.15, 0.2) is 0 Å². The van der Waals surface area contributed by atoms with Crippen LogP contribution >= 0.6 is 0 Å². The molecular weight excluding hydrogens is 336 g/mol. The Morgan fingerprint density at radius 2 is 2.12 bits per heavy atom. The van der Waals surface area contributed by atoms with Gasteiger partial charge in [-0.25, -0.2) is 4.79 Å². The molecule has 1 aromatic heterocycles. The van der Waals surface area contributed by atoms with Crippen LogP contribution in [-0.4, -0.2) is 33.7 Å². The summed E-state index contributed by atoms with van der Waals surface area (Å²) in [5.74, 6) is -0.759. The highest BCUT2D eigenvalue weighted by atomic mass is 16.4. The van der Waals surface area contributed by atoms with E-state index >= 15 is 0 Å². The first-order valence-electron chi connectivity index (χ1n) is 8.38. The highest BCUT2D eigenvalue weighted by Gasteiger charge is 2.37. The number of furan rings is 1. The van der Waals surface area contributed by atoms with Crippen molar-refractivity contribution in [2.24, 2.45) is 0 Å². The second kappa shape index (κ2) is 7.43. The molecule has 0 spiro atoms. The summed E-state index contributed by atoms with van der Waals surface area (Å²) in [6.45, 7) is 2.07. The van der Waals surface area contributed by atoms with Gasteiger partial charge >= 0.3 is 5.97 Å². The van der Waals surface area contributed by atoms with Crippen molar-refractivity contribution < 1.29 is 23.9 Å². The number of carboxylic acids is 1. The number of carbonyl (C=O) groups is 3. The molecule has 1 aromatic carbocycles. The second-order valence-corrected chi connectivity index (χ2v) is 6.29. The zero-order valence-corrected chi connectivity index (χ0v) is 14.4. The summed E-state index contributed by atoms with van der Waals surface area (Å²) >= 11 is 0. The largest absolute Gasteiger partial charge is 0.480 e. The van der Waals surface area contributed by atoms with Gasteiger partial charge in [0.25, 0.3) is 5.91 Å². The van der Waals surface area contributed by atoms with E-state index in [1.807, 2.05) is 12.1 Å². The number of carboxylic acid groups (broad SMARTS) is 1. The van der Waals surface area contributed by atoms with E-state index in [0.29, 0.717) is 12.1 Å². The molecule has 7 heteroatoms. The number of amides is 1. The number of nitrogens with one attached hydrogen (secondary N) is 1. The fraction of sp³-hybridized carbons (Fsp3) is 0.316. The van der Waals surface area contributed by atoms with Crippen molar-refractivity contribution in [3.05, 3.63) is 53.5 Å². The highest BCUT2D eigenvalue weighted by Crippen LogP contribution is 2.32. The Morgan fingerprint density at radius 1 is 1.31 bits per heavy atom. The molecule has 3 rings (SSSR count). The number of hydrogen-bond donors (Lipinski definition) is 2. The van der Waals surface area contributed by atoms with Gasteiger partial charge in [0.05, 0.1) is 12.8 Å². The van der Waals surface area contributed by atoms with Gasteiger partial charge in [0.1, 0.15) is 17.6 Å². The first kappa shape index (κ1) is 17.7. The number of carbonyl (C=O) groups excluding carboxylic acids is 2. The van der Waals surface area contributed by atoms with E-state index < -0.39 is 12.0 Å². The summed E-state index contributed by atoms with van der Waals surface area (Å²) < 4.78 is 5.29. The molecule has 26 heavy (non-hydrogen) atoms. The fourth-order valence-corrected chi connectivity index (χ4v) is 3.12. The Kier molecular flexibility index (Phi) is 5.06. The van der Waals surface area contributed by atoms with Crippen LogP contribution in [0.3, 0.4) is 0 Å². The summed E-state index contributed by atoms with van der Waals surface area (Å²) in [7, 11) is 0. The third-order valence-corrected chi connectivity index (χ3v) is 4.46. The molecule has 7 nitrogen and oxygen atoms in total. The first-order chi connectivity index (χ1) is 12.5. The average Bonchev–Trinajstić information content (AvgIpc) is 3.22. The highest BCUT2D eigenvalue weighted by molar-refractivity contribution is 6.02. The molecule has 1 amide bonds. The van der Waals surface area contributed by atoms with Crippen LogP contribution in [0.4, 0.5) is 5.69 Å². The Bertz CT molecular complexity index is 828. The molecule has 0 radical (unpaired) electrons. The topological polar surface area (TPSA) is 99.8 Å². The maximum absolute atomic E-state index is 12.7. The number of ketones is 1. The molecule has 1 atom stereocenters. The Hall–Kier alpha value is -3.09. The second-order valence-electron chi connectivity index (χ2n) is 6.29. The maximum Gasteiger partial charge on any atom is 0.326 e. The number of hydrogen-bond acceptors (Lipinski definition) is 5. The minimum Gasteiger partial charge on any atom is -0.480 e. The predicted octanol–water partition coefficient (Wildman–Crippen LogP) is 2.67. The third-order valence-electron chi connectivity index (χ3n) is 4.46. The van der Waals surface area contributed by atoms with Crippen molar-refractivity contribution in [3.63, 3.8) is 0 Å². The van der Waals surface area contributed by atoms with E-state index in [1.165, 1.54) is 11.8 Å². The van der Waals surface area contributed by atoms with E-state index in [0.717, 1.165) is 17.0 Å². The number of rotatable bonds is 8. The predicted molar refractivity (Wildman–Crippen MR) is 93.7 cm³/mol. The molecule has 0 saturated heterocycles. The smallest absolute Gasteiger partial charge is 0.326 e. The van der Waals surface area contributed by atoms with Gasteiger partial charge < -0.3 is 24.5 Å². The summed E-state index contributed by atoms with van der Waals surface area (Å²) in [6, 6.07) is 7.93. The maximum atomic E-state index is 12.7. The quantitative estimate of drug-likeness (QED) is 0.754. The van der Waals surface area contributed by atoms with Crippen molar-refractivity contribution >= 4 is 23.3 Å². The fourth-order valence-electron chi connectivity index (χ4n) is 3.12. The molecule has 136 valence electrons. The molecule has 0 aliphatic carbocycles. The Labute approximate surface area is 150 Å². The van der Waals surface area contributed by atoms with Gasteiger partial charge in [-0.05, 0) is 37.6 Å². The minimum atomic E-state index is -1.10. The number of anilines is 1. The summed E-state index contributed by atoms with van der Waals surface area (Å²) in [5.41, 5.74) is 2.02. The summed E-state index contributed by atoms with van der Waals surface area (Å²) in [4.78, 5) is 36.9. The van der Waals surface area contributed by atoms with E-state index in [-0.39, 0.29) is 31.1 Å². The SMILES string of the molecule is CC(=O)CCC(C(=O)O)N1Cc2c(NCc3ccco3)cccc2C1=O. The van der Waals surface area contributed by atoms with E-state index in [2.05, 4.69) is 5.32 Å². The average molecular weight is 356 g/mol. The van der Waals surface area contributed by atoms with Gasteiger partial charge in [-0.1, -0.05) is 6.07 Å². The van der Waals surface area contributed by atoms with Crippen molar-refractivity contribution in [2.75, 3.05) is 5.32 Å². The number of fused-ring (bicyclic) bond motifs is 1.